The van der Waals surface area contributed by atoms with E-state index in [-0.39, 0.29) is 5.56 Å². The molecule has 0 N–H and O–H groups in total. The quantitative estimate of drug-likeness (QED) is 0.505. The highest BCUT2D eigenvalue weighted by atomic mass is 32.2. The first kappa shape index (κ1) is 21.3. The van der Waals surface area contributed by atoms with Gasteiger partial charge >= 0.3 is 5.97 Å². The Balaban J connectivity index is 1.73. The number of aromatic nitrogens is 1. The fraction of sp³-hybridized carbons (Fsp3) is 0.136. The lowest BCUT2D eigenvalue weighted by Gasteiger charge is -2.10. The molecule has 0 aliphatic rings. The number of thiazole rings is 1. The molecule has 148 valence electrons. The minimum Gasteiger partial charge on any atom is -0.454 e. The highest BCUT2D eigenvalue weighted by Crippen LogP contribution is 2.33. The van der Waals surface area contributed by atoms with Crippen molar-refractivity contribution in [2.24, 2.45) is 0 Å². The zero-order valence-corrected chi connectivity index (χ0v) is 17.5. The number of nitrogens with zero attached hydrogens (tertiary/aromatic N) is 3. The van der Waals surface area contributed by atoms with Crippen LogP contribution in [0.1, 0.15) is 32.5 Å². The Morgan fingerprint density at radius 3 is 2.50 bits per heavy atom. The first-order valence-corrected chi connectivity index (χ1v) is 10.5. The van der Waals surface area contributed by atoms with E-state index in [1.54, 1.807) is 54.8 Å². The fourth-order valence-corrected chi connectivity index (χ4v) is 4.43. The van der Waals surface area contributed by atoms with E-state index in [9.17, 15) is 20.1 Å². The Morgan fingerprint density at radius 1 is 1.13 bits per heavy atom. The summed E-state index contributed by atoms with van der Waals surface area (Å²) >= 11 is 2.49. The summed E-state index contributed by atoms with van der Waals surface area (Å²) in [7, 11) is 0. The van der Waals surface area contributed by atoms with E-state index < -0.39 is 24.3 Å². The van der Waals surface area contributed by atoms with Gasteiger partial charge in [0.25, 0.3) is 0 Å². The van der Waals surface area contributed by atoms with Crippen molar-refractivity contribution in [2.45, 2.75) is 22.6 Å². The SMILES string of the molecule is Cc1csc([C@H](C#N)C(=O)COC(=O)c2ccccc2Sc2ccccc2C#N)n1. The van der Waals surface area contributed by atoms with Crippen molar-refractivity contribution >= 4 is 34.9 Å². The molecule has 0 bridgehead atoms. The average molecular weight is 434 g/mol. The molecule has 0 aliphatic carbocycles. The second-order valence-corrected chi connectivity index (χ2v) is 8.11. The largest absolute Gasteiger partial charge is 0.454 e. The van der Waals surface area contributed by atoms with Gasteiger partial charge in [-0.15, -0.1) is 11.3 Å². The predicted octanol–water partition coefficient (Wildman–Crippen LogP) is 4.51. The van der Waals surface area contributed by atoms with E-state index in [1.807, 2.05) is 12.1 Å². The molecule has 0 amide bonds. The minimum absolute atomic E-state index is 0.279. The second kappa shape index (κ2) is 9.84. The van der Waals surface area contributed by atoms with Crippen LogP contribution in [0.4, 0.5) is 0 Å². The number of aryl methyl sites for hydroxylation is 1. The Bertz CT molecular complexity index is 1170. The van der Waals surface area contributed by atoms with Gasteiger partial charge in [-0.25, -0.2) is 9.78 Å². The molecule has 0 spiro atoms. The number of hydrogen-bond donors (Lipinski definition) is 0. The Morgan fingerprint density at radius 2 is 1.83 bits per heavy atom. The van der Waals surface area contributed by atoms with Crippen molar-refractivity contribution in [2.75, 3.05) is 6.61 Å². The number of esters is 1. The van der Waals surface area contributed by atoms with E-state index >= 15 is 0 Å². The van der Waals surface area contributed by atoms with Gasteiger partial charge in [0.1, 0.15) is 11.1 Å². The van der Waals surface area contributed by atoms with Gasteiger partial charge in [-0.1, -0.05) is 36.0 Å². The normalized spacial score (nSPS) is 11.2. The molecule has 1 heterocycles. The van der Waals surface area contributed by atoms with Crippen molar-refractivity contribution in [3.63, 3.8) is 0 Å². The van der Waals surface area contributed by atoms with E-state index in [0.717, 1.165) is 5.69 Å². The minimum atomic E-state index is -1.07. The van der Waals surface area contributed by atoms with Crippen LogP contribution >= 0.6 is 23.1 Å². The fourth-order valence-electron chi connectivity index (χ4n) is 2.56. The molecule has 3 rings (SSSR count). The van der Waals surface area contributed by atoms with Gasteiger partial charge in [0.2, 0.25) is 0 Å². The van der Waals surface area contributed by atoms with Crippen LogP contribution in [-0.4, -0.2) is 23.3 Å². The number of carbonyl (C=O) groups is 2. The van der Waals surface area contributed by atoms with Gasteiger partial charge in [-0.05, 0) is 31.2 Å². The molecule has 2 aromatic carbocycles. The van der Waals surface area contributed by atoms with Crippen LogP contribution in [0.15, 0.2) is 63.7 Å². The molecule has 8 heteroatoms. The number of ether oxygens (including phenoxy) is 1. The molecule has 0 aliphatic heterocycles. The summed E-state index contributed by atoms with van der Waals surface area (Å²) in [5.41, 5.74) is 1.50. The van der Waals surface area contributed by atoms with Gasteiger partial charge in [0.05, 0.1) is 17.2 Å². The van der Waals surface area contributed by atoms with Gasteiger partial charge in [-0.3, -0.25) is 4.79 Å². The third-order valence-corrected chi connectivity index (χ3v) is 6.19. The van der Waals surface area contributed by atoms with Crippen LogP contribution in [0.25, 0.3) is 0 Å². The van der Waals surface area contributed by atoms with Crippen molar-refractivity contribution < 1.29 is 14.3 Å². The van der Waals surface area contributed by atoms with Gasteiger partial charge in [-0.2, -0.15) is 10.5 Å². The van der Waals surface area contributed by atoms with Crippen LogP contribution in [0.2, 0.25) is 0 Å². The molecule has 3 aromatic rings. The molecule has 1 atom stereocenters. The van der Waals surface area contributed by atoms with E-state index in [1.165, 1.54) is 23.1 Å². The smallest absolute Gasteiger partial charge is 0.339 e. The number of rotatable bonds is 7. The maximum Gasteiger partial charge on any atom is 0.339 e. The lowest BCUT2D eigenvalue weighted by molar-refractivity contribution is -0.122. The second-order valence-electron chi connectivity index (χ2n) is 6.14. The number of Topliss-reactive ketones (excluding diaryl/α,β-unsaturated/α-hetero) is 1. The molecular weight excluding hydrogens is 418 g/mol. The third kappa shape index (κ3) is 4.93. The summed E-state index contributed by atoms with van der Waals surface area (Å²) in [6.45, 7) is 1.25. The highest BCUT2D eigenvalue weighted by molar-refractivity contribution is 7.99. The Labute approximate surface area is 181 Å². The summed E-state index contributed by atoms with van der Waals surface area (Å²) in [6.07, 6.45) is 0. The average Bonchev–Trinajstić information content (AvgIpc) is 3.19. The van der Waals surface area contributed by atoms with E-state index in [0.29, 0.717) is 20.4 Å². The number of hydrogen-bond acceptors (Lipinski definition) is 8. The highest BCUT2D eigenvalue weighted by Gasteiger charge is 2.25. The van der Waals surface area contributed by atoms with Crippen LogP contribution in [0.5, 0.6) is 0 Å². The van der Waals surface area contributed by atoms with E-state index in [2.05, 4.69) is 11.1 Å². The van der Waals surface area contributed by atoms with Gasteiger partial charge < -0.3 is 4.74 Å². The summed E-state index contributed by atoms with van der Waals surface area (Å²) in [4.78, 5) is 30.5. The predicted molar refractivity (Wildman–Crippen MR) is 112 cm³/mol. The lowest BCUT2D eigenvalue weighted by atomic mass is 10.1. The van der Waals surface area contributed by atoms with Gasteiger partial charge in [0, 0.05) is 20.9 Å². The molecule has 0 radical (unpaired) electrons. The summed E-state index contributed by atoms with van der Waals surface area (Å²) in [6, 6.07) is 17.9. The number of benzene rings is 2. The van der Waals surface area contributed by atoms with Crippen LogP contribution in [-0.2, 0) is 9.53 Å². The summed E-state index contributed by atoms with van der Waals surface area (Å²) < 4.78 is 5.19. The van der Waals surface area contributed by atoms with Crippen molar-refractivity contribution in [1.29, 1.82) is 10.5 Å². The third-order valence-electron chi connectivity index (χ3n) is 4.01. The zero-order valence-electron chi connectivity index (χ0n) is 15.9. The molecule has 0 fully saturated rings. The van der Waals surface area contributed by atoms with Crippen molar-refractivity contribution in [3.8, 4) is 12.1 Å². The van der Waals surface area contributed by atoms with Crippen molar-refractivity contribution in [3.05, 3.63) is 75.7 Å². The summed E-state index contributed by atoms with van der Waals surface area (Å²) in [5, 5.41) is 20.7. The number of carbonyl (C=O) groups excluding carboxylic acids is 2. The number of ketones is 1. The van der Waals surface area contributed by atoms with Gasteiger partial charge in [0.15, 0.2) is 18.3 Å². The van der Waals surface area contributed by atoms with Crippen LogP contribution < -0.4 is 0 Å². The first-order chi connectivity index (χ1) is 14.5. The van der Waals surface area contributed by atoms with E-state index in [4.69, 9.17) is 4.74 Å². The topological polar surface area (TPSA) is 104 Å². The van der Waals surface area contributed by atoms with Crippen molar-refractivity contribution in [1.82, 2.24) is 4.98 Å². The molecule has 6 nitrogen and oxygen atoms in total. The molecule has 1 aromatic heterocycles. The van der Waals surface area contributed by atoms with Crippen LogP contribution in [0, 0.1) is 29.6 Å². The molecule has 0 unspecified atom stereocenters. The monoisotopic (exact) mass is 433 g/mol. The standard InChI is InChI=1S/C22H15N3O3S2/c1-14-13-29-21(25-14)17(11-24)18(26)12-28-22(27)16-7-3-5-9-20(16)30-19-8-4-2-6-15(19)10-23/h2-9,13,17H,12H2,1H3/t17-/m1/s1. The number of nitriles is 2. The zero-order chi connectivity index (χ0) is 21.5. The Kier molecular flexibility index (Phi) is 6.97. The maximum absolute atomic E-state index is 12.6. The molecular formula is C22H15N3O3S2. The van der Waals surface area contributed by atoms with Crippen LogP contribution in [0.3, 0.4) is 0 Å². The molecule has 30 heavy (non-hydrogen) atoms. The lowest BCUT2D eigenvalue weighted by Crippen LogP contribution is -2.20. The molecule has 0 saturated carbocycles. The Hall–Kier alpha value is -3.46. The molecule has 0 saturated heterocycles. The maximum atomic E-state index is 12.6. The summed E-state index contributed by atoms with van der Waals surface area (Å²) in [5.74, 6) is -2.27. The first-order valence-electron chi connectivity index (χ1n) is 8.81.